The van der Waals surface area contributed by atoms with Gasteiger partial charge in [-0.15, -0.1) is 0 Å². The van der Waals surface area contributed by atoms with Gasteiger partial charge in [-0.2, -0.15) is 0 Å². The molecule has 0 aliphatic heterocycles. The summed E-state index contributed by atoms with van der Waals surface area (Å²) in [7, 11) is 0. The monoisotopic (exact) mass is 810 g/mol. The molecule has 0 aromatic carbocycles. The van der Waals surface area contributed by atoms with Crippen LogP contribution in [-0.4, -0.2) is 102 Å². The van der Waals surface area contributed by atoms with Gasteiger partial charge in [-0.05, 0) is 72.8 Å². The second kappa shape index (κ2) is 18.8. The van der Waals surface area contributed by atoms with Crippen LogP contribution in [0.5, 0.6) is 0 Å². The Hall–Kier alpha value is -8.28. The Bertz CT molecular complexity index is 1980. The van der Waals surface area contributed by atoms with E-state index in [1.807, 2.05) is 0 Å². The first kappa shape index (κ1) is 39.9. The van der Waals surface area contributed by atoms with Crippen molar-refractivity contribution in [3.8, 4) is 0 Å². The lowest BCUT2D eigenvalue weighted by atomic mass is 9.83. The molecule has 0 radical (unpaired) electrons. The molecule has 0 saturated heterocycles. The molecule has 0 atom stereocenters. The van der Waals surface area contributed by atoms with Gasteiger partial charge in [0.15, 0.2) is 36.6 Å². The summed E-state index contributed by atoms with van der Waals surface area (Å²) in [6.07, 6.45) is 3.50. The van der Waals surface area contributed by atoms with Crippen molar-refractivity contribution < 1.29 is 57.2 Å². The van der Waals surface area contributed by atoms with Crippen molar-refractivity contribution in [3.63, 3.8) is 0 Å². The zero-order valence-corrected chi connectivity index (χ0v) is 30.9. The van der Waals surface area contributed by atoms with E-state index in [1.54, 1.807) is 0 Å². The molecule has 0 amide bonds. The Morgan fingerprint density at radius 2 is 0.433 bits per heavy atom. The predicted molar refractivity (Wildman–Crippen MR) is 201 cm³/mol. The number of aromatic nitrogens is 6. The summed E-state index contributed by atoms with van der Waals surface area (Å²) in [6, 6.07) is 16.9. The average Bonchev–Trinajstić information content (AvgIpc) is 3.31. The summed E-state index contributed by atoms with van der Waals surface area (Å²) >= 11 is 0. The highest BCUT2D eigenvalue weighted by Crippen LogP contribution is 2.37. The third-order valence-corrected chi connectivity index (χ3v) is 8.78. The third kappa shape index (κ3) is 9.46. The van der Waals surface area contributed by atoms with Gasteiger partial charge in [0.1, 0.15) is 0 Å². The van der Waals surface area contributed by atoms with Gasteiger partial charge >= 0.3 is 35.8 Å². The fraction of sp³-hybridized carbons (Fsp3) is 0.143. The summed E-state index contributed by atoms with van der Waals surface area (Å²) in [5.74, 6) is -6.51. The van der Waals surface area contributed by atoms with Crippen molar-refractivity contribution in [2.45, 2.75) is 36.6 Å². The minimum atomic E-state index is -1.99. The summed E-state index contributed by atoms with van der Waals surface area (Å²) in [4.78, 5) is 108. The van der Waals surface area contributed by atoms with Crippen LogP contribution < -0.4 is 0 Å². The molecule has 300 valence electrons. The lowest BCUT2D eigenvalue weighted by Gasteiger charge is -2.47. The minimum Gasteiger partial charge on any atom is -0.450 e. The second-order valence-electron chi connectivity index (χ2n) is 12.7. The highest BCUT2D eigenvalue weighted by atomic mass is 16.7. The Balaban J connectivity index is 1.43. The van der Waals surface area contributed by atoms with Crippen LogP contribution in [0.1, 0.15) is 62.1 Å². The van der Waals surface area contributed by atoms with Gasteiger partial charge in [-0.3, -0.25) is 29.9 Å². The normalized spacial score (nSPS) is 19.4. The lowest BCUT2D eigenvalue weighted by Crippen LogP contribution is -2.69. The van der Waals surface area contributed by atoms with E-state index in [2.05, 4.69) is 29.9 Å². The third-order valence-electron chi connectivity index (χ3n) is 8.78. The Morgan fingerprint density at radius 3 is 0.550 bits per heavy atom. The van der Waals surface area contributed by atoms with Crippen LogP contribution in [0.2, 0.25) is 0 Å². The fourth-order valence-corrected chi connectivity index (χ4v) is 5.98. The van der Waals surface area contributed by atoms with Crippen molar-refractivity contribution in [3.05, 3.63) is 181 Å². The SMILES string of the molecule is O=C(O[C@H]1[C@H](OC(=O)c2cccnc2)[C@@H](OC(=O)c2cccnc2)[C@H](OC(=O)c2cccnc2)[C@@H](OC(=O)c2cccnc2)[C@H]1OC(=O)c1cccnc1)c1cccnc1. The van der Waals surface area contributed by atoms with E-state index in [1.165, 1.54) is 147 Å². The van der Waals surface area contributed by atoms with Crippen molar-refractivity contribution in [1.82, 2.24) is 29.9 Å². The largest absolute Gasteiger partial charge is 0.450 e. The molecule has 1 aliphatic rings. The molecule has 0 N–H and O–H groups in total. The van der Waals surface area contributed by atoms with Gasteiger partial charge in [-0.1, -0.05) is 0 Å². The van der Waals surface area contributed by atoms with Gasteiger partial charge < -0.3 is 28.4 Å². The highest BCUT2D eigenvalue weighted by Gasteiger charge is 2.61. The molecule has 1 saturated carbocycles. The molecule has 1 aliphatic carbocycles. The average molecular weight is 811 g/mol. The second-order valence-corrected chi connectivity index (χ2v) is 12.7. The molecule has 6 aromatic rings. The molecule has 18 heteroatoms. The van der Waals surface area contributed by atoms with Crippen molar-refractivity contribution in [2.24, 2.45) is 0 Å². The quantitative estimate of drug-likeness (QED) is 0.126. The zero-order valence-electron chi connectivity index (χ0n) is 30.9. The Kier molecular flexibility index (Phi) is 12.5. The van der Waals surface area contributed by atoms with Crippen LogP contribution in [0, 0.1) is 0 Å². The molecule has 6 heterocycles. The van der Waals surface area contributed by atoms with Crippen LogP contribution in [0.4, 0.5) is 0 Å². The van der Waals surface area contributed by atoms with Crippen LogP contribution in [0.25, 0.3) is 0 Å². The summed E-state index contributed by atoms with van der Waals surface area (Å²) < 4.78 is 36.2. The van der Waals surface area contributed by atoms with E-state index in [9.17, 15) is 28.8 Å². The number of carbonyl (C=O) groups is 6. The van der Waals surface area contributed by atoms with E-state index in [0.717, 1.165) is 0 Å². The van der Waals surface area contributed by atoms with Gasteiger partial charge in [0, 0.05) is 74.4 Å². The molecule has 0 bridgehead atoms. The van der Waals surface area contributed by atoms with Crippen LogP contribution in [-0.2, 0) is 28.4 Å². The van der Waals surface area contributed by atoms with Gasteiger partial charge in [0.25, 0.3) is 0 Å². The summed E-state index contributed by atoms with van der Waals surface area (Å²) in [5, 5.41) is 0. The molecular formula is C42H30N6O12. The molecule has 0 unspecified atom stereocenters. The van der Waals surface area contributed by atoms with Gasteiger partial charge in [-0.25, -0.2) is 28.8 Å². The van der Waals surface area contributed by atoms with E-state index >= 15 is 0 Å². The van der Waals surface area contributed by atoms with Gasteiger partial charge in [0.2, 0.25) is 0 Å². The summed E-state index contributed by atoms with van der Waals surface area (Å²) in [5.41, 5.74) is -0.638. The molecule has 60 heavy (non-hydrogen) atoms. The van der Waals surface area contributed by atoms with Gasteiger partial charge in [0.05, 0.1) is 33.4 Å². The number of carbonyl (C=O) groups excluding carboxylic acids is 6. The van der Waals surface area contributed by atoms with Crippen molar-refractivity contribution >= 4 is 35.8 Å². The van der Waals surface area contributed by atoms with E-state index < -0.39 is 72.4 Å². The molecule has 0 spiro atoms. The molecule has 7 rings (SSSR count). The van der Waals surface area contributed by atoms with Crippen LogP contribution >= 0.6 is 0 Å². The maximum absolute atomic E-state index is 14.0. The van der Waals surface area contributed by atoms with E-state index in [4.69, 9.17) is 28.4 Å². The molecule has 1 fully saturated rings. The highest BCUT2D eigenvalue weighted by molar-refractivity contribution is 5.93. The molecule has 18 nitrogen and oxygen atoms in total. The maximum atomic E-state index is 14.0. The van der Waals surface area contributed by atoms with E-state index in [-0.39, 0.29) is 33.4 Å². The maximum Gasteiger partial charge on any atom is 0.340 e. The Morgan fingerprint density at radius 1 is 0.283 bits per heavy atom. The standard InChI is InChI=1S/C42H30N6O12/c49-37(25-7-1-13-43-19-25)55-31-32(56-38(50)26-8-2-14-44-20-26)34(58-40(52)28-10-4-16-46-22-28)36(60-42(54)30-12-6-18-48-24-30)35(59-41(53)29-11-5-17-47-23-29)33(31)57-39(51)27-9-3-15-45-21-27/h1-24,31-36H/t31-,32-,33-,34+,35-,36-. The number of nitrogens with zero attached hydrogens (tertiary/aromatic N) is 6. The zero-order chi connectivity index (χ0) is 41.8. The molecular weight excluding hydrogens is 780 g/mol. The topological polar surface area (TPSA) is 235 Å². The number of rotatable bonds is 12. The van der Waals surface area contributed by atoms with Crippen LogP contribution in [0.3, 0.4) is 0 Å². The minimum absolute atomic E-state index is 0.106. The van der Waals surface area contributed by atoms with Crippen molar-refractivity contribution in [2.75, 3.05) is 0 Å². The number of pyridine rings is 6. The number of ether oxygens (including phenoxy) is 6. The fourth-order valence-electron chi connectivity index (χ4n) is 5.98. The Labute approximate surface area is 339 Å². The number of hydrogen-bond acceptors (Lipinski definition) is 18. The van der Waals surface area contributed by atoms with Crippen molar-refractivity contribution in [1.29, 1.82) is 0 Å². The lowest BCUT2D eigenvalue weighted by molar-refractivity contribution is -0.223. The number of esters is 6. The summed E-state index contributed by atoms with van der Waals surface area (Å²) in [6.45, 7) is 0. The van der Waals surface area contributed by atoms with E-state index in [0.29, 0.717) is 0 Å². The predicted octanol–water partition coefficient (Wildman–Crippen LogP) is 3.72. The first-order valence-corrected chi connectivity index (χ1v) is 17.9. The van der Waals surface area contributed by atoms with Crippen LogP contribution in [0.15, 0.2) is 147 Å². The first-order valence-electron chi connectivity index (χ1n) is 17.9. The number of hydrogen-bond donors (Lipinski definition) is 0. The molecule has 6 aromatic heterocycles. The first-order chi connectivity index (χ1) is 29.3. The smallest absolute Gasteiger partial charge is 0.340 e.